The Hall–Kier alpha value is -3.01. The number of allylic oxidation sites excluding steroid dienone is 2. The Morgan fingerprint density at radius 2 is 1.93 bits per heavy atom. The van der Waals surface area contributed by atoms with Crippen LogP contribution in [0.25, 0.3) is 6.08 Å². The summed E-state index contributed by atoms with van der Waals surface area (Å²) in [7, 11) is 0. The Labute approximate surface area is 171 Å². The Morgan fingerprint density at radius 3 is 2.62 bits per heavy atom. The number of ether oxygens (including phenoxy) is 1. The van der Waals surface area contributed by atoms with Gasteiger partial charge in [-0.05, 0) is 42.9 Å². The van der Waals surface area contributed by atoms with E-state index < -0.39 is 5.60 Å². The molecule has 0 amide bonds. The Morgan fingerprint density at radius 1 is 1.21 bits per heavy atom. The van der Waals surface area contributed by atoms with Crippen LogP contribution in [-0.4, -0.2) is 21.6 Å². The van der Waals surface area contributed by atoms with Gasteiger partial charge in [0.15, 0.2) is 5.78 Å². The minimum absolute atomic E-state index is 0.0207. The molecule has 0 radical (unpaired) electrons. The van der Waals surface area contributed by atoms with Gasteiger partial charge in [0.2, 0.25) is 0 Å². The molecule has 4 nitrogen and oxygen atoms in total. The molecule has 29 heavy (non-hydrogen) atoms. The van der Waals surface area contributed by atoms with E-state index in [9.17, 15) is 15.0 Å². The summed E-state index contributed by atoms with van der Waals surface area (Å²) in [5, 5.41) is 21.1. The van der Waals surface area contributed by atoms with Crippen molar-refractivity contribution in [1.29, 1.82) is 0 Å². The molecule has 1 heterocycles. The number of fused-ring (bicyclic) bond motifs is 3. The van der Waals surface area contributed by atoms with E-state index in [0.717, 1.165) is 12.0 Å². The lowest BCUT2D eigenvalue weighted by molar-refractivity contribution is 0.101. The minimum atomic E-state index is -0.642. The number of rotatable bonds is 4. The summed E-state index contributed by atoms with van der Waals surface area (Å²) in [5.41, 5.74) is 0.976. The second kappa shape index (κ2) is 7.11. The van der Waals surface area contributed by atoms with Crippen LogP contribution in [-0.2, 0) is 0 Å². The first kappa shape index (κ1) is 19.3. The highest BCUT2D eigenvalue weighted by atomic mass is 16.5. The maximum Gasteiger partial charge on any atom is 0.193 e. The van der Waals surface area contributed by atoms with Crippen molar-refractivity contribution in [1.82, 2.24) is 0 Å². The maximum atomic E-state index is 13.0. The van der Waals surface area contributed by atoms with E-state index in [4.69, 9.17) is 4.74 Å². The summed E-state index contributed by atoms with van der Waals surface area (Å²) in [6.07, 6.45) is 8.17. The summed E-state index contributed by atoms with van der Waals surface area (Å²) in [6, 6.07) is 10.8. The summed E-state index contributed by atoms with van der Waals surface area (Å²) in [6.45, 7) is 6.32. The van der Waals surface area contributed by atoms with Crippen molar-refractivity contribution in [2.24, 2.45) is 11.8 Å². The molecule has 0 saturated heterocycles. The van der Waals surface area contributed by atoms with Crippen LogP contribution >= 0.6 is 0 Å². The molecule has 2 aromatic rings. The highest BCUT2D eigenvalue weighted by molar-refractivity contribution is 6.11. The van der Waals surface area contributed by atoms with Gasteiger partial charge in [-0.2, -0.15) is 0 Å². The third-order valence-electron chi connectivity index (χ3n) is 6.15. The van der Waals surface area contributed by atoms with Crippen LogP contribution in [0.3, 0.4) is 0 Å². The van der Waals surface area contributed by atoms with Gasteiger partial charge in [0, 0.05) is 17.5 Å². The second-order valence-electron chi connectivity index (χ2n) is 8.48. The summed E-state index contributed by atoms with van der Waals surface area (Å²) >= 11 is 0. The van der Waals surface area contributed by atoms with Crippen LogP contribution < -0.4 is 4.74 Å². The van der Waals surface area contributed by atoms with E-state index in [1.807, 2.05) is 43.3 Å². The van der Waals surface area contributed by atoms with Crippen LogP contribution in [0.15, 0.2) is 54.6 Å². The van der Waals surface area contributed by atoms with E-state index in [-0.39, 0.29) is 28.8 Å². The fraction of sp³-hybridized carbons (Fsp3) is 0.320. The van der Waals surface area contributed by atoms with Crippen molar-refractivity contribution in [2.75, 3.05) is 0 Å². The number of hydrogen-bond acceptors (Lipinski definition) is 4. The van der Waals surface area contributed by atoms with Gasteiger partial charge in [-0.3, -0.25) is 4.79 Å². The third-order valence-corrected chi connectivity index (χ3v) is 6.15. The molecule has 2 aromatic carbocycles. The molecule has 0 aromatic heterocycles. The van der Waals surface area contributed by atoms with Crippen LogP contribution in [0.4, 0.5) is 0 Å². The topological polar surface area (TPSA) is 66.8 Å². The van der Waals surface area contributed by atoms with Crippen LogP contribution in [0.5, 0.6) is 17.2 Å². The normalized spacial score (nSPS) is 25.1. The minimum Gasteiger partial charge on any atom is -0.507 e. The van der Waals surface area contributed by atoms with Crippen LogP contribution in [0, 0.1) is 11.8 Å². The van der Waals surface area contributed by atoms with Gasteiger partial charge >= 0.3 is 0 Å². The molecular weight excluding hydrogens is 364 g/mol. The first-order chi connectivity index (χ1) is 13.8. The van der Waals surface area contributed by atoms with Gasteiger partial charge in [-0.15, -0.1) is 0 Å². The lowest BCUT2D eigenvalue weighted by Crippen LogP contribution is -2.36. The molecule has 4 rings (SSSR count). The quantitative estimate of drug-likeness (QED) is 0.413. The molecule has 0 spiro atoms. The molecule has 1 aliphatic carbocycles. The van der Waals surface area contributed by atoms with Crippen LogP contribution in [0.1, 0.15) is 54.6 Å². The monoisotopic (exact) mass is 390 g/mol. The zero-order valence-electron chi connectivity index (χ0n) is 16.9. The maximum absolute atomic E-state index is 13.0. The average molecular weight is 390 g/mol. The first-order valence-corrected chi connectivity index (χ1v) is 10.0. The lowest BCUT2D eigenvalue weighted by atomic mass is 9.71. The predicted octanol–water partition coefficient (Wildman–Crippen LogP) is 5.46. The molecule has 0 unspecified atom stereocenters. The number of phenols is 2. The Bertz CT molecular complexity index is 1000. The number of benzene rings is 2. The standard InChI is InChI=1S/C25H26O4/c1-15(2)17-11-12-25(3)18(13-17)22-20(27)14-21(28)23(24(22)29-25)19(26)10-9-16-7-5-4-6-8-16/h4-12,14-15,17-18,27-28H,13H2,1-3H3/b10-9+/t17-,18-,25-/m0/s1. The van der Waals surface area contributed by atoms with Gasteiger partial charge in [0.05, 0.1) is 0 Å². The van der Waals surface area contributed by atoms with E-state index in [1.54, 1.807) is 6.08 Å². The fourth-order valence-electron chi connectivity index (χ4n) is 4.39. The van der Waals surface area contributed by atoms with E-state index >= 15 is 0 Å². The zero-order valence-corrected chi connectivity index (χ0v) is 16.9. The van der Waals surface area contributed by atoms with Crippen molar-refractivity contribution in [3.63, 3.8) is 0 Å². The molecule has 3 atom stereocenters. The van der Waals surface area contributed by atoms with Crippen molar-refractivity contribution in [2.45, 2.75) is 38.7 Å². The van der Waals surface area contributed by atoms with Crippen LogP contribution in [0.2, 0.25) is 0 Å². The molecule has 2 N–H and O–H groups in total. The molecule has 0 fully saturated rings. The SMILES string of the molecule is CC(C)[C@H]1C=C[C@]2(C)Oc3c(C(=O)/C=C/c4ccccc4)c(O)cc(O)c3[C@@H]2C1. The van der Waals surface area contributed by atoms with Gasteiger partial charge in [0.1, 0.15) is 28.4 Å². The van der Waals surface area contributed by atoms with Gasteiger partial charge in [-0.25, -0.2) is 0 Å². The van der Waals surface area contributed by atoms with Crippen molar-refractivity contribution in [3.05, 3.63) is 71.3 Å². The molecule has 4 heteroatoms. The smallest absolute Gasteiger partial charge is 0.193 e. The van der Waals surface area contributed by atoms with Crippen molar-refractivity contribution in [3.8, 4) is 17.2 Å². The average Bonchev–Trinajstić information content (AvgIpc) is 2.99. The van der Waals surface area contributed by atoms with Crippen molar-refractivity contribution < 1.29 is 19.7 Å². The number of hydrogen-bond donors (Lipinski definition) is 2. The molecular formula is C25H26O4. The van der Waals surface area contributed by atoms with Crippen molar-refractivity contribution >= 4 is 11.9 Å². The molecule has 1 aliphatic heterocycles. The summed E-state index contributed by atoms with van der Waals surface area (Å²) < 4.78 is 6.23. The molecule has 0 bridgehead atoms. The Balaban J connectivity index is 1.75. The molecule has 0 saturated carbocycles. The number of ketones is 1. The number of carbonyl (C=O) groups excluding carboxylic acids is 1. The van der Waals surface area contributed by atoms with E-state index in [2.05, 4.69) is 19.9 Å². The largest absolute Gasteiger partial charge is 0.507 e. The first-order valence-electron chi connectivity index (χ1n) is 10.0. The number of aromatic hydroxyl groups is 2. The zero-order chi connectivity index (χ0) is 20.8. The van der Waals surface area contributed by atoms with E-state index in [0.29, 0.717) is 23.1 Å². The molecule has 2 aliphatic rings. The number of phenolic OH excluding ortho intramolecular Hbond substituents is 2. The fourth-order valence-corrected chi connectivity index (χ4v) is 4.39. The number of carbonyl (C=O) groups is 1. The highest BCUT2D eigenvalue weighted by Gasteiger charge is 2.49. The summed E-state index contributed by atoms with van der Waals surface area (Å²) in [4.78, 5) is 13.0. The summed E-state index contributed by atoms with van der Waals surface area (Å²) in [5.74, 6) is 0.423. The second-order valence-corrected chi connectivity index (χ2v) is 8.48. The molecule has 150 valence electrons. The van der Waals surface area contributed by atoms with Gasteiger partial charge < -0.3 is 14.9 Å². The lowest BCUT2D eigenvalue weighted by Gasteiger charge is -2.35. The Kier molecular flexibility index (Phi) is 4.73. The van der Waals surface area contributed by atoms with Gasteiger partial charge in [-0.1, -0.05) is 56.3 Å². The van der Waals surface area contributed by atoms with E-state index in [1.165, 1.54) is 12.1 Å². The highest BCUT2D eigenvalue weighted by Crippen LogP contribution is 2.57. The third kappa shape index (κ3) is 3.33. The predicted molar refractivity (Wildman–Crippen MR) is 113 cm³/mol. The van der Waals surface area contributed by atoms with Gasteiger partial charge in [0.25, 0.3) is 0 Å².